The predicted molar refractivity (Wildman–Crippen MR) is 113 cm³/mol. The van der Waals surface area contributed by atoms with E-state index in [4.69, 9.17) is 4.74 Å². The second-order valence-electron chi connectivity index (χ2n) is 8.13. The van der Waals surface area contributed by atoms with E-state index >= 15 is 0 Å². The molecule has 0 aliphatic heterocycles. The molecule has 0 amide bonds. The summed E-state index contributed by atoms with van der Waals surface area (Å²) in [5, 5.41) is 5.52. The van der Waals surface area contributed by atoms with Crippen LogP contribution in [0.1, 0.15) is 26.5 Å². The van der Waals surface area contributed by atoms with Crippen molar-refractivity contribution in [2.24, 2.45) is 7.05 Å². The first-order valence-electron chi connectivity index (χ1n) is 9.28. The molecule has 3 aromatic heterocycles. The summed E-state index contributed by atoms with van der Waals surface area (Å²) < 4.78 is 34.4. The number of imidazole rings is 1. The molecular formula is C21H24N4O3S. The van der Waals surface area contributed by atoms with Crippen LogP contribution in [0.5, 0.6) is 5.75 Å². The molecule has 0 spiro atoms. The van der Waals surface area contributed by atoms with Crippen molar-refractivity contribution in [3.63, 3.8) is 0 Å². The van der Waals surface area contributed by atoms with Gasteiger partial charge in [-0.2, -0.15) is 5.10 Å². The molecule has 8 heteroatoms. The lowest BCUT2D eigenvalue weighted by Gasteiger charge is -2.21. The van der Waals surface area contributed by atoms with E-state index in [1.807, 2.05) is 30.8 Å². The minimum Gasteiger partial charge on any atom is -0.495 e. The van der Waals surface area contributed by atoms with Crippen molar-refractivity contribution < 1.29 is 13.2 Å². The molecule has 3 heterocycles. The highest BCUT2D eigenvalue weighted by atomic mass is 32.2. The summed E-state index contributed by atoms with van der Waals surface area (Å²) >= 11 is 0. The van der Waals surface area contributed by atoms with Crippen LogP contribution in [0.3, 0.4) is 0 Å². The Labute approximate surface area is 169 Å². The zero-order chi connectivity index (χ0) is 21.1. The molecule has 0 bridgehead atoms. The SMILES string of the molecule is COc1cc2ncc(-c3ccc4c(c3)c(C)nn4C)n2cc1S(=O)(=O)C(C)(C)C. The summed E-state index contributed by atoms with van der Waals surface area (Å²) in [6, 6.07) is 7.73. The Morgan fingerprint density at radius 3 is 2.52 bits per heavy atom. The second kappa shape index (κ2) is 6.32. The van der Waals surface area contributed by atoms with Gasteiger partial charge in [-0.3, -0.25) is 9.08 Å². The summed E-state index contributed by atoms with van der Waals surface area (Å²) in [6.45, 7) is 7.01. The van der Waals surface area contributed by atoms with Crippen LogP contribution < -0.4 is 4.74 Å². The zero-order valence-electron chi connectivity index (χ0n) is 17.4. The Morgan fingerprint density at radius 1 is 1.14 bits per heavy atom. The molecule has 4 rings (SSSR count). The average molecular weight is 413 g/mol. The highest BCUT2D eigenvalue weighted by Gasteiger charge is 2.34. The highest BCUT2D eigenvalue weighted by molar-refractivity contribution is 7.92. The smallest absolute Gasteiger partial charge is 0.188 e. The van der Waals surface area contributed by atoms with E-state index in [0.29, 0.717) is 11.4 Å². The zero-order valence-corrected chi connectivity index (χ0v) is 18.2. The van der Waals surface area contributed by atoms with E-state index in [1.165, 1.54) is 7.11 Å². The second-order valence-corrected chi connectivity index (χ2v) is 10.8. The summed E-state index contributed by atoms with van der Waals surface area (Å²) in [5.74, 6) is 0.295. The first-order chi connectivity index (χ1) is 13.5. The molecule has 4 aromatic rings. The molecule has 0 unspecified atom stereocenters. The first kappa shape index (κ1) is 19.4. The van der Waals surface area contributed by atoms with Crippen LogP contribution in [-0.2, 0) is 16.9 Å². The number of aryl methyl sites for hydroxylation is 2. The third-order valence-corrected chi connectivity index (χ3v) is 7.72. The molecule has 0 saturated heterocycles. The number of nitrogens with zero attached hydrogens (tertiary/aromatic N) is 4. The van der Waals surface area contributed by atoms with Gasteiger partial charge in [-0.15, -0.1) is 0 Å². The van der Waals surface area contributed by atoms with Gasteiger partial charge < -0.3 is 4.74 Å². The Bertz CT molecular complexity index is 1360. The molecule has 0 aliphatic rings. The molecule has 29 heavy (non-hydrogen) atoms. The molecule has 1 aromatic carbocycles. The number of benzene rings is 1. The number of sulfone groups is 1. The highest BCUT2D eigenvalue weighted by Crippen LogP contribution is 2.35. The lowest BCUT2D eigenvalue weighted by Crippen LogP contribution is -2.28. The van der Waals surface area contributed by atoms with Gasteiger partial charge in [0.2, 0.25) is 0 Å². The number of hydrogen-bond donors (Lipinski definition) is 0. The van der Waals surface area contributed by atoms with Gasteiger partial charge in [0.15, 0.2) is 9.84 Å². The average Bonchev–Trinajstić information content (AvgIpc) is 3.19. The summed E-state index contributed by atoms with van der Waals surface area (Å²) in [6.07, 6.45) is 3.35. The third-order valence-electron chi connectivity index (χ3n) is 5.22. The van der Waals surface area contributed by atoms with Gasteiger partial charge in [0.1, 0.15) is 16.3 Å². The van der Waals surface area contributed by atoms with Crippen molar-refractivity contribution in [1.29, 1.82) is 0 Å². The molecule has 0 aliphatic carbocycles. The number of aromatic nitrogens is 4. The summed E-state index contributed by atoms with van der Waals surface area (Å²) in [4.78, 5) is 4.61. The Balaban J connectivity index is 1.98. The first-order valence-corrected chi connectivity index (χ1v) is 10.8. The molecule has 152 valence electrons. The van der Waals surface area contributed by atoms with Crippen LogP contribution in [0, 0.1) is 6.92 Å². The standard InChI is InChI=1S/C21H24N4O3S/c1-13-15-9-14(7-8-16(15)24(5)23-13)17-11-22-20-10-18(28-6)19(12-25(17)20)29(26,27)21(2,3)4/h7-12H,1-6H3. The maximum atomic E-state index is 13.1. The predicted octanol–water partition coefficient (Wildman–Crippen LogP) is 3.78. The van der Waals surface area contributed by atoms with Crippen molar-refractivity contribution >= 4 is 26.4 Å². The third kappa shape index (κ3) is 2.90. The number of pyridine rings is 1. The Kier molecular flexibility index (Phi) is 4.24. The normalized spacial score (nSPS) is 12.8. The fraction of sp³-hybridized carbons (Fsp3) is 0.333. The number of methoxy groups -OCH3 is 1. The van der Waals surface area contributed by atoms with E-state index in [2.05, 4.69) is 16.1 Å². The molecule has 0 fully saturated rings. The van der Waals surface area contributed by atoms with Gasteiger partial charge in [-0.05, 0) is 39.8 Å². The molecule has 7 nitrogen and oxygen atoms in total. The van der Waals surface area contributed by atoms with Gasteiger partial charge in [-0.1, -0.05) is 6.07 Å². The maximum absolute atomic E-state index is 13.1. The Morgan fingerprint density at radius 2 is 1.86 bits per heavy atom. The largest absolute Gasteiger partial charge is 0.495 e. The Hall–Kier alpha value is -2.87. The minimum absolute atomic E-state index is 0.151. The topological polar surface area (TPSA) is 78.5 Å². The van der Waals surface area contributed by atoms with E-state index in [-0.39, 0.29) is 4.90 Å². The van der Waals surface area contributed by atoms with Gasteiger partial charge in [0.25, 0.3) is 0 Å². The molecule has 0 N–H and O–H groups in total. The summed E-state index contributed by atoms with van der Waals surface area (Å²) in [5.41, 5.74) is 4.34. The van der Waals surface area contributed by atoms with Crippen molar-refractivity contribution in [2.75, 3.05) is 7.11 Å². The van der Waals surface area contributed by atoms with Crippen molar-refractivity contribution in [2.45, 2.75) is 37.3 Å². The minimum atomic E-state index is -3.61. The number of ether oxygens (including phenoxy) is 1. The lowest BCUT2D eigenvalue weighted by atomic mass is 10.1. The van der Waals surface area contributed by atoms with Crippen molar-refractivity contribution in [3.8, 4) is 17.0 Å². The van der Waals surface area contributed by atoms with Crippen LogP contribution in [0.25, 0.3) is 27.8 Å². The number of fused-ring (bicyclic) bond motifs is 2. The van der Waals surface area contributed by atoms with Crippen LogP contribution >= 0.6 is 0 Å². The van der Waals surface area contributed by atoms with Crippen LogP contribution in [0.4, 0.5) is 0 Å². The number of hydrogen-bond acceptors (Lipinski definition) is 5. The van der Waals surface area contributed by atoms with Gasteiger partial charge in [0.05, 0.1) is 35.0 Å². The van der Waals surface area contributed by atoms with Crippen molar-refractivity contribution in [1.82, 2.24) is 19.2 Å². The quantitative estimate of drug-likeness (QED) is 0.512. The molecule has 0 saturated carbocycles. The van der Waals surface area contributed by atoms with E-state index in [0.717, 1.165) is 27.9 Å². The lowest BCUT2D eigenvalue weighted by molar-refractivity contribution is 0.401. The number of rotatable bonds is 3. The van der Waals surface area contributed by atoms with E-state index < -0.39 is 14.6 Å². The molecule has 0 radical (unpaired) electrons. The van der Waals surface area contributed by atoms with Gasteiger partial charge in [0, 0.05) is 30.3 Å². The molecule has 0 atom stereocenters. The fourth-order valence-corrected chi connectivity index (χ4v) is 4.80. The van der Waals surface area contributed by atoms with Crippen LogP contribution in [0.2, 0.25) is 0 Å². The monoisotopic (exact) mass is 412 g/mol. The van der Waals surface area contributed by atoms with Gasteiger partial charge in [-0.25, -0.2) is 13.4 Å². The van der Waals surface area contributed by atoms with Crippen LogP contribution in [-0.4, -0.2) is 39.4 Å². The van der Waals surface area contributed by atoms with Crippen LogP contribution in [0.15, 0.2) is 41.6 Å². The fourth-order valence-electron chi connectivity index (χ4n) is 3.49. The van der Waals surface area contributed by atoms with Gasteiger partial charge >= 0.3 is 0 Å². The van der Waals surface area contributed by atoms with Crippen molar-refractivity contribution in [3.05, 3.63) is 42.4 Å². The maximum Gasteiger partial charge on any atom is 0.188 e. The van der Waals surface area contributed by atoms with E-state index in [9.17, 15) is 8.42 Å². The summed E-state index contributed by atoms with van der Waals surface area (Å²) in [7, 11) is -0.228. The molecular weight excluding hydrogens is 388 g/mol. The van der Waals surface area contributed by atoms with E-state index in [1.54, 1.807) is 43.6 Å².